The molecule has 0 bridgehead atoms. The summed E-state index contributed by atoms with van der Waals surface area (Å²) in [5.74, 6) is -0.0734. The van der Waals surface area contributed by atoms with Crippen molar-refractivity contribution in [1.82, 2.24) is 20.2 Å². The maximum absolute atomic E-state index is 12.1. The molecule has 2 aromatic rings. The third-order valence-electron chi connectivity index (χ3n) is 2.47. The highest BCUT2D eigenvalue weighted by Crippen LogP contribution is 2.21. The van der Waals surface area contributed by atoms with Crippen molar-refractivity contribution in [3.63, 3.8) is 0 Å². The maximum Gasteiger partial charge on any atom is 0.265 e. The van der Waals surface area contributed by atoms with E-state index in [4.69, 9.17) is 17.3 Å². The van der Waals surface area contributed by atoms with Gasteiger partial charge in [0, 0.05) is 6.20 Å². The van der Waals surface area contributed by atoms with E-state index in [1.54, 1.807) is 13.8 Å². The summed E-state index contributed by atoms with van der Waals surface area (Å²) in [5.41, 5.74) is 6.62. The van der Waals surface area contributed by atoms with Crippen LogP contribution < -0.4 is 10.5 Å². The van der Waals surface area contributed by atoms with E-state index in [-0.39, 0.29) is 21.7 Å². The number of hydrogen-bond acceptors (Lipinski definition) is 7. The summed E-state index contributed by atoms with van der Waals surface area (Å²) in [5, 5.41) is 7.50. The van der Waals surface area contributed by atoms with E-state index >= 15 is 0 Å². The smallest absolute Gasteiger partial charge is 0.265 e. The first kappa shape index (κ1) is 14.4. The molecule has 0 aliphatic carbocycles. The summed E-state index contributed by atoms with van der Waals surface area (Å²) in [4.78, 5) is 7.53. The summed E-state index contributed by atoms with van der Waals surface area (Å²) >= 11 is 5.75. The van der Waals surface area contributed by atoms with Crippen LogP contribution in [-0.4, -0.2) is 28.6 Å². The van der Waals surface area contributed by atoms with E-state index in [0.717, 1.165) is 6.20 Å². The molecular formula is C10H11ClN6O2S. The molecule has 0 unspecified atom stereocenters. The highest BCUT2D eigenvalue weighted by molar-refractivity contribution is 7.92. The normalized spacial score (nSPS) is 11.3. The van der Waals surface area contributed by atoms with Crippen LogP contribution in [0.5, 0.6) is 0 Å². The van der Waals surface area contributed by atoms with Crippen molar-refractivity contribution in [2.45, 2.75) is 18.7 Å². The van der Waals surface area contributed by atoms with Gasteiger partial charge in [-0.15, -0.1) is 5.10 Å². The lowest BCUT2D eigenvalue weighted by Gasteiger charge is -2.07. The highest BCUT2D eigenvalue weighted by atomic mass is 35.5. The van der Waals surface area contributed by atoms with E-state index < -0.39 is 10.0 Å². The molecule has 0 radical (unpaired) electrons. The lowest BCUT2D eigenvalue weighted by atomic mass is 10.4. The van der Waals surface area contributed by atoms with Crippen molar-refractivity contribution in [3.8, 4) is 0 Å². The summed E-state index contributed by atoms with van der Waals surface area (Å²) in [6.07, 6.45) is 1.10. The molecule has 8 nitrogen and oxygen atoms in total. The molecule has 2 heterocycles. The zero-order valence-corrected chi connectivity index (χ0v) is 12.2. The number of halogens is 1. The van der Waals surface area contributed by atoms with Crippen LogP contribution in [0.25, 0.3) is 0 Å². The number of pyridine rings is 1. The van der Waals surface area contributed by atoms with E-state index in [2.05, 4.69) is 24.9 Å². The third-order valence-corrected chi connectivity index (χ3v) is 4.07. The molecule has 0 amide bonds. The SMILES string of the molecule is Cc1nnc(NS(=O)(=O)c2cnc(N)c(Cl)c2)nc1C. The molecule has 0 saturated carbocycles. The fourth-order valence-corrected chi connectivity index (χ4v) is 2.40. The first-order valence-electron chi connectivity index (χ1n) is 5.41. The molecule has 10 heteroatoms. The average Bonchev–Trinajstić information content (AvgIpc) is 2.37. The second kappa shape index (κ2) is 5.17. The Balaban J connectivity index is 2.35. The quantitative estimate of drug-likeness (QED) is 0.863. The van der Waals surface area contributed by atoms with Gasteiger partial charge in [0.2, 0.25) is 0 Å². The van der Waals surface area contributed by atoms with Crippen molar-refractivity contribution >= 4 is 33.4 Å². The molecule has 106 valence electrons. The van der Waals surface area contributed by atoms with Crippen molar-refractivity contribution < 1.29 is 8.42 Å². The summed E-state index contributed by atoms with van der Waals surface area (Å²) in [7, 11) is -3.90. The Labute approximate surface area is 120 Å². The van der Waals surface area contributed by atoms with Gasteiger partial charge in [-0.1, -0.05) is 11.6 Å². The predicted octanol–water partition coefficient (Wildman–Crippen LogP) is 0.920. The first-order chi connectivity index (χ1) is 9.29. The first-order valence-corrected chi connectivity index (χ1v) is 7.27. The Kier molecular flexibility index (Phi) is 3.73. The van der Waals surface area contributed by atoms with Crippen LogP contribution in [0.2, 0.25) is 5.02 Å². The van der Waals surface area contributed by atoms with Gasteiger partial charge in [0.1, 0.15) is 10.7 Å². The summed E-state index contributed by atoms with van der Waals surface area (Å²) in [6.45, 7) is 3.42. The Bertz CT molecular complexity index is 764. The van der Waals surface area contributed by atoms with E-state index in [1.807, 2.05) is 0 Å². The summed E-state index contributed by atoms with van der Waals surface area (Å²) < 4.78 is 26.4. The van der Waals surface area contributed by atoms with Crippen molar-refractivity contribution in [3.05, 3.63) is 28.7 Å². The number of sulfonamides is 1. The van der Waals surface area contributed by atoms with Crippen LogP contribution >= 0.6 is 11.6 Å². The van der Waals surface area contributed by atoms with Gasteiger partial charge in [-0.25, -0.2) is 23.1 Å². The van der Waals surface area contributed by atoms with Crippen molar-refractivity contribution in [1.29, 1.82) is 0 Å². The number of nitrogens with zero attached hydrogens (tertiary/aromatic N) is 4. The van der Waals surface area contributed by atoms with Gasteiger partial charge >= 0.3 is 0 Å². The second-order valence-corrected chi connectivity index (χ2v) is 6.04. The molecule has 0 spiro atoms. The molecule has 0 saturated heterocycles. The van der Waals surface area contributed by atoms with E-state index in [9.17, 15) is 8.42 Å². The molecule has 0 aliphatic rings. The zero-order valence-electron chi connectivity index (χ0n) is 10.6. The van der Waals surface area contributed by atoms with Gasteiger partial charge in [-0.3, -0.25) is 0 Å². The molecule has 0 aromatic carbocycles. The van der Waals surface area contributed by atoms with Crippen LogP contribution in [-0.2, 0) is 10.0 Å². The third kappa shape index (κ3) is 2.94. The lowest BCUT2D eigenvalue weighted by molar-refractivity contribution is 0.600. The minimum Gasteiger partial charge on any atom is -0.382 e. The van der Waals surface area contributed by atoms with Crippen LogP contribution in [0.4, 0.5) is 11.8 Å². The largest absolute Gasteiger partial charge is 0.382 e. The van der Waals surface area contributed by atoms with Crippen LogP contribution in [0.1, 0.15) is 11.4 Å². The maximum atomic E-state index is 12.1. The van der Waals surface area contributed by atoms with E-state index in [0.29, 0.717) is 11.4 Å². The molecule has 3 N–H and O–H groups in total. The Morgan fingerprint density at radius 3 is 2.55 bits per heavy atom. The predicted molar refractivity (Wildman–Crippen MR) is 73.8 cm³/mol. The van der Waals surface area contributed by atoms with Crippen LogP contribution in [0, 0.1) is 13.8 Å². The number of nitrogens with one attached hydrogen (secondary N) is 1. The van der Waals surface area contributed by atoms with Crippen molar-refractivity contribution in [2.75, 3.05) is 10.5 Å². The molecule has 2 rings (SSSR count). The standard InChI is InChI=1S/C10H11ClN6O2S/c1-5-6(2)15-16-10(14-5)17-20(18,19)7-3-8(11)9(12)13-4-7/h3-4H,1-2H3,(H2,12,13)(H,14,16,17). The van der Waals surface area contributed by atoms with Crippen LogP contribution in [0.15, 0.2) is 17.2 Å². The number of nitrogen functional groups attached to an aromatic ring is 1. The van der Waals surface area contributed by atoms with Gasteiger partial charge in [0.15, 0.2) is 0 Å². The Morgan fingerprint density at radius 2 is 1.95 bits per heavy atom. The fourth-order valence-electron chi connectivity index (χ4n) is 1.26. The van der Waals surface area contributed by atoms with Gasteiger partial charge in [0.05, 0.1) is 16.4 Å². The zero-order chi connectivity index (χ0) is 14.9. The number of rotatable bonds is 3. The summed E-state index contributed by atoms with van der Waals surface area (Å²) in [6, 6.07) is 1.20. The Hall–Kier alpha value is -2.00. The molecule has 0 aliphatic heterocycles. The lowest BCUT2D eigenvalue weighted by Crippen LogP contribution is -2.16. The Morgan fingerprint density at radius 1 is 1.25 bits per heavy atom. The van der Waals surface area contributed by atoms with Gasteiger partial charge in [-0.2, -0.15) is 5.10 Å². The second-order valence-electron chi connectivity index (χ2n) is 3.95. The monoisotopic (exact) mass is 314 g/mol. The highest BCUT2D eigenvalue weighted by Gasteiger charge is 2.18. The molecule has 0 atom stereocenters. The number of aryl methyl sites for hydroxylation is 2. The molecule has 20 heavy (non-hydrogen) atoms. The number of hydrogen-bond donors (Lipinski definition) is 2. The number of nitrogens with two attached hydrogens (primary N) is 1. The molecule has 2 aromatic heterocycles. The van der Waals surface area contributed by atoms with Gasteiger partial charge in [0.25, 0.3) is 16.0 Å². The van der Waals surface area contributed by atoms with E-state index in [1.165, 1.54) is 6.07 Å². The van der Waals surface area contributed by atoms with Gasteiger partial charge < -0.3 is 5.73 Å². The van der Waals surface area contributed by atoms with Crippen molar-refractivity contribution in [2.24, 2.45) is 0 Å². The number of aromatic nitrogens is 4. The van der Waals surface area contributed by atoms with Crippen LogP contribution in [0.3, 0.4) is 0 Å². The number of anilines is 2. The minimum atomic E-state index is -3.90. The topological polar surface area (TPSA) is 124 Å². The van der Waals surface area contributed by atoms with Gasteiger partial charge in [-0.05, 0) is 19.9 Å². The fraction of sp³-hybridized carbons (Fsp3) is 0.200. The minimum absolute atomic E-state index is 0.0482. The molecule has 0 fully saturated rings. The average molecular weight is 315 g/mol. The molecular weight excluding hydrogens is 304 g/mol.